The summed E-state index contributed by atoms with van der Waals surface area (Å²) in [5, 5.41) is 12.3. The Morgan fingerprint density at radius 1 is 1.25 bits per heavy atom. The van der Waals surface area contributed by atoms with Gasteiger partial charge >= 0.3 is 5.97 Å². The number of hydrogen-bond acceptors (Lipinski definition) is 2. The number of aliphatic carboxylic acids is 1. The molecule has 0 unspecified atom stereocenters. The van der Waals surface area contributed by atoms with Crippen molar-refractivity contribution in [2.45, 2.75) is 37.9 Å². The van der Waals surface area contributed by atoms with Gasteiger partial charge in [-0.2, -0.15) is 0 Å². The lowest BCUT2D eigenvalue weighted by atomic mass is 9.84. The first kappa shape index (κ1) is 16.7. The summed E-state index contributed by atoms with van der Waals surface area (Å²) >= 11 is 0. The Labute approximate surface area is 141 Å². The summed E-state index contributed by atoms with van der Waals surface area (Å²) in [6.07, 6.45) is -0.0741. The average molecular weight is 327 g/mol. The van der Waals surface area contributed by atoms with Crippen LogP contribution in [0.2, 0.25) is 0 Å². The van der Waals surface area contributed by atoms with E-state index in [4.69, 9.17) is 0 Å². The van der Waals surface area contributed by atoms with Crippen LogP contribution in [0.25, 0.3) is 0 Å². The van der Waals surface area contributed by atoms with E-state index in [9.17, 15) is 14.3 Å². The molecular weight excluding hydrogens is 305 g/mol. The van der Waals surface area contributed by atoms with Gasteiger partial charge in [0.25, 0.3) is 0 Å². The summed E-state index contributed by atoms with van der Waals surface area (Å²) < 4.78 is 13.7. The molecule has 4 heteroatoms. The molecule has 1 aliphatic heterocycles. The topological polar surface area (TPSA) is 49.3 Å². The molecule has 0 aromatic heterocycles. The van der Waals surface area contributed by atoms with Crippen LogP contribution in [0.4, 0.5) is 4.39 Å². The van der Waals surface area contributed by atoms with E-state index in [0.717, 1.165) is 17.5 Å². The number of carboxylic acids is 1. The van der Waals surface area contributed by atoms with Crippen LogP contribution in [0.3, 0.4) is 0 Å². The highest BCUT2D eigenvalue weighted by molar-refractivity contribution is 5.69. The molecule has 2 aromatic rings. The second-order valence-corrected chi connectivity index (χ2v) is 6.64. The van der Waals surface area contributed by atoms with E-state index in [1.807, 2.05) is 36.4 Å². The lowest BCUT2D eigenvalue weighted by Gasteiger charge is -2.28. The number of benzene rings is 2. The van der Waals surface area contributed by atoms with E-state index < -0.39 is 17.7 Å². The van der Waals surface area contributed by atoms with Gasteiger partial charge in [0.2, 0.25) is 0 Å². The van der Waals surface area contributed by atoms with Gasteiger partial charge in [-0.3, -0.25) is 4.79 Å². The van der Waals surface area contributed by atoms with Crippen molar-refractivity contribution in [2.24, 2.45) is 0 Å². The van der Waals surface area contributed by atoms with Crippen molar-refractivity contribution in [1.29, 1.82) is 0 Å². The standard InChI is InChI=1S/C20H22FNO2/c1-14-4-2-3-5-16(14)10-15-6-8-17(9-7-15)20(12-19(23)24)11-18(21)13-22-20/h2-9,18,22H,10-13H2,1H3,(H,23,24)/t18-,20+/m0/s1. The van der Waals surface area contributed by atoms with Crippen molar-refractivity contribution in [1.82, 2.24) is 5.32 Å². The molecule has 1 heterocycles. The number of halogens is 1. The van der Waals surface area contributed by atoms with Gasteiger partial charge < -0.3 is 10.4 Å². The number of alkyl halides is 1. The minimum atomic E-state index is -1.00. The van der Waals surface area contributed by atoms with E-state index in [1.54, 1.807) is 0 Å². The molecule has 0 aliphatic carbocycles. The molecule has 0 spiro atoms. The molecule has 0 saturated carbocycles. The van der Waals surface area contributed by atoms with Gasteiger partial charge in [-0.15, -0.1) is 0 Å². The molecule has 1 fully saturated rings. The van der Waals surface area contributed by atoms with E-state index in [0.29, 0.717) is 0 Å². The lowest BCUT2D eigenvalue weighted by molar-refractivity contribution is -0.138. The van der Waals surface area contributed by atoms with Gasteiger partial charge in [-0.05, 0) is 35.6 Å². The van der Waals surface area contributed by atoms with Crippen molar-refractivity contribution in [3.8, 4) is 0 Å². The molecule has 0 amide bonds. The molecule has 2 atom stereocenters. The molecule has 3 rings (SSSR count). The molecule has 0 radical (unpaired) electrons. The number of carboxylic acid groups (broad SMARTS) is 1. The van der Waals surface area contributed by atoms with Crippen LogP contribution < -0.4 is 5.32 Å². The van der Waals surface area contributed by atoms with Crippen LogP contribution >= 0.6 is 0 Å². The molecule has 24 heavy (non-hydrogen) atoms. The fourth-order valence-corrected chi connectivity index (χ4v) is 3.51. The Bertz CT molecular complexity index is 729. The summed E-state index contributed by atoms with van der Waals surface area (Å²) in [7, 11) is 0. The minimum Gasteiger partial charge on any atom is -0.481 e. The van der Waals surface area contributed by atoms with Crippen LogP contribution in [0.5, 0.6) is 0 Å². The van der Waals surface area contributed by atoms with Crippen molar-refractivity contribution in [3.63, 3.8) is 0 Å². The van der Waals surface area contributed by atoms with Gasteiger partial charge in [0.05, 0.1) is 12.0 Å². The molecule has 2 N–H and O–H groups in total. The Morgan fingerprint density at radius 2 is 1.96 bits per heavy atom. The normalized spacial score (nSPS) is 23.3. The fourth-order valence-electron chi connectivity index (χ4n) is 3.51. The highest BCUT2D eigenvalue weighted by atomic mass is 19.1. The third kappa shape index (κ3) is 3.49. The maximum atomic E-state index is 13.7. The monoisotopic (exact) mass is 327 g/mol. The smallest absolute Gasteiger partial charge is 0.305 e. The van der Waals surface area contributed by atoms with E-state index in [-0.39, 0.29) is 19.4 Å². The van der Waals surface area contributed by atoms with Crippen molar-refractivity contribution < 1.29 is 14.3 Å². The number of hydrogen-bond donors (Lipinski definition) is 2. The van der Waals surface area contributed by atoms with Crippen molar-refractivity contribution >= 4 is 5.97 Å². The summed E-state index contributed by atoms with van der Waals surface area (Å²) in [5.41, 5.74) is 3.73. The predicted molar refractivity (Wildman–Crippen MR) is 91.9 cm³/mol. The number of nitrogens with one attached hydrogen (secondary N) is 1. The highest BCUT2D eigenvalue weighted by Crippen LogP contribution is 2.35. The van der Waals surface area contributed by atoms with Gasteiger partial charge in [0, 0.05) is 13.0 Å². The van der Waals surface area contributed by atoms with Gasteiger partial charge in [0.1, 0.15) is 6.17 Å². The van der Waals surface area contributed by atoms with E-state index in [2.05, 4.69) is 24.4 Å². The Morgan fingerprint density at radius 3 is 2.54 bits per heavy atom. The van der Waals surface area contributed by atoms with E-state index >= 15 is 0 Å². The van der Waals surface area contributed by atoms with Gasteiger partial charge in [-0.1, -0.05) is 48.5 Å². The maximum Gasteiger partial charge on any atom is 0.305 e. The van der Waals surface area contributed by atoms with Crippen LogP contribution in [-0.4, -0.2) is 23.8 Å². The zero-order valence-electron chi connectivity index (χ0n) is 13.8. The van der Waals surface area contributed by atoms with Crippen LogP contribution in [0.15, 0.2) is 48.5 Å². The molecule has 1 saturated heterocycles. The Kier molecular flexibility index (Phi) is 4.67. The van der Waals surface area contributed by atoms with Crippen LogP contribution in [0.1, 0.15) is 35.1 Å². The van der Waals surface area contributed by atoms with Gasteiger partial charge in [0.15, 0.2) is 0 Å². The zero-order valence-corrected chi connectivity index (χ0v) is 13.8. The molecule has 1 aliphatic rings. The second-order valence-electron chi connectivity index (χ2n) is 6.64. The minimum absolute atomic E-state index is 0.107. The summed E-state index contributed by atoms with van der Waals surface area (Å²) in [6, 6.07) is 16.1. The molecule has 2 aromatic carbocycles. The number of carbonyl (C=O) groups is 1. The third-order valence-electron chi connectivity index (χ3n) is 4.85. The highest BCUT2D eigenvalue weighted by Gasteiger charge is 2.42. The first-order chi connectivity index (χ1) is 11.5. The van der Waals surface area contributed by atoms with Gasteiger partial charge in [-0.25, -0.2) is 4.39 Å². The van der Waals surface area contributed by atoms with Crippen LogP contribution in [-0.2, 0) is 16.8 Å². The summed E-state index contributed by atoms with van der Waals surface area (Å²) in [6.45, 7) is 2.30. The number of rotatable bonds is 5. The Balaban J connectivity index is 1.82. The number of aryl methyl sites for hydroxylation is 1. The lowest BCUT2D eigenvalue weighted by Crippen LogP contribution is -2.38. The van der Waals surface area contributed by atoms with Crippen molar-refractivity contribution in [2.75, 3.05) is 6.54 Å². The largest absolute Gasteiger partial charge is 0.481 e. The van der Waals surface area contributed by atoms with Crippen molar-refractivity contribution in [3.05, 3.63) is 70.8 Å². The SMILES string of the molecule is Cc1ccccc1Cc1ccc([C@]2(CC(=O)O)C[C@H](F)CN2)cc1. The molecular formula is C20H22FNO2. The van der Waals surface area contributed by atoms with E-state index in [1.165, 1.54) is 11.1 Å². The predicted octanol–water partition coefficient (Wildman–Crippen LogP) is 3.59. The average Bonchev–Trinajstić information content (AvgIpc) is 2.91. The molecule has 126 valence electrons. The fraction of sp³-hybridized carbons (Fsp3) is 0.350. The first-order valence-electron chi connectivity index (χ1n) is 8.23. The summed E-state index contributed by atoms with van der Waals surface area (Å²) in [5.74, 6) is -0.916. The molecule has 0 bridgehead atoms. The maximum absolute atomic E-state index is 13.7. The quantitative estimate of drug-likeness (QED) is 0.882. The first-order valence-corrected chi connectivity index (χ1v) is 8.23. The third-order valence-corrected chi connectivity index (χ3v) is 4.85. The van der Waals surface area contributed by atoms with Crippen LogP contribution in [0, 0.1) is 6.92 Å². The zero-order chi connectivity index (χ0) is 17.2. The second kappa shape index (κ2) is 6.73. The summed E-state index contributed by atoms with van der Waals surface area (Å²) in [4.78, 5) is 11.2. The molecule has 3 nitrogen and oxygen atoms in total. The Hall–Kier alpha value is -2.20.